The van der Waals surface area contributed by atoms with Crippen LogP contribution in [0.15, 0.2) is 43.2 Å². The van der Waals surface area contributed by atoms with E-state index in [2.05, 4.69) is 21.9 Å². The van der Waals surface area contributed by atoms with Crippen LogP contribution >= 0.6 is 0 Å². The molecule has 0 aliphatic rings. The quantitative estimate of drug-likeness (QED) is 0.718. The third-order valence-electron chi connectivity index (χ3n) is 2.70. The van der Waals surface area contributed by atoms with Gasteiger partial charge in [0.05, 0.1) is 11.0 Å². The number of fused-ring (bicyclic) bond motifs is 3. The predicted octanol–water partition coefficient (Wildman–Crippen LogP) is 2.62. The van der Waals surface area contributed by atoms with Crippen LogP contribution in [0.1, 0.15) is 0 Å². The number of nitrogens with one attached hydrogen (secondary N) is 1. The molecule has 0 spiro atoms. The maximum atomic E-state index is 13.2. The maximum Gasteiger partial charge on any atom is 0.180 e. The molecule has 0 saturated heterocycles. The van der Waals surface area contributed by atoms with Gasteiger partial charge in [0.25, 0.3) is 0 Å². The lowest BCUT2D eigenvalue weighted by Crippen LogP contribution is -2.04. The second kappa shape index (κ2) is 4.10. The summed E-state index contributed by atoms with van der Waals surface area (Å²) < 4.78 is 15.1. The van der Waals surface area contributed by atoms with Crippen molar-refractivity contribution in [3.63, 3.8) is 0 Å². The summed E-state index contributed by atoms with van der Waals surface area (Å²) in [6.07, 6.45) is 5.26. The monoisotopic (exact) mass is 242 g/mol. The Balaban J connectivity index is 2.32. The highest BCUT2D eigenvalue weighted by atomic mass is 19.1. The highest BCUT2D eigenvalue weighted by Gasteiger charge is 2.09. The number of imidazole rings is 1. The van der Waals surface area contributed by atoms with Crippen LogP contribution in [0.5, 0.6) is 0 Å². The smallest absolute Gasteiger partial charge is 0.180 e. The summed E-state index contributed by atoms with van der Waals surface area (Å²) in [6, 6.07) is 4.53. The number of halogens is 1. The van der Waals surface area contributed by atoms with Crippen LogP contribution in [0, 0.1) is 5.82 Å². The molecule has 0 amide bonds. The zero-order valence-electron chi connectivity index (χ0n) is 9.60. The van der Waals surface area contributed by atoms with Crippen molar-refractivity contribution in [3.8, 4) is 0 Å². The lowest BCUT2D eigenvalue weighted by atomic mass is 10.3. The van der Waals surface area contributed by atoms with Gasteiger partial charge in [0.1, 0.15) is 5.82 Å². The van der Waals surface area contributed by atoms with Gasteiger partial charge >= 0.3 is 0 Å². The molecule has 0 unspecified atom stereocenters. The van der Waals surface area contributed by atoms with Crippen LogP contribution < -0.4 is 5.32 Å². The van der Waals surface area contributed by atoms with Gasteiger partial charge in [-0.25, -0.2) is 14.4 Å². The normalized spacial score (nSPS) is 10.9. The topological polar surface area (TPSA) is 42.2 Å². The van der Waals surface area contributed by atoms with Crippen molar-refractivity contribution < 1.29 is 4.39 Å². The molecule has 1 aromatic carbocycles. The lowest BCUT2D eigenvalue weighted by Gasteiger charge is -2.08. The second-order valence-electron chi connectivity index (χ2n) is 3.88. The third kappa shape index (κ3) is 1.60. The fraction of sp³-hybridized carbons (Fsp3) is 0.0769. The van der Waals surface area contributed by atoms with Gasteiger partial charge in [0.2, 0.25) is 0 Å². The van der Waals surface area contributed by atoms with E-state index in [1.807, 2.05) is 10.6 Å². The molecule has 1 N–H and O–H groups in total. The number of aromatic nitrogens is 3. The average Bonchev–Trinajstić information content (AvgIpc) is 2.84. The number of benzene rings is 1. The van der Waals surface area contributed by atoms with Gasteiger partial charge in [-0.2, -0.15) is 0 Å². The van der Waals surface area contributed by atoms with Crippen LogP contribution in [-0.4, -0.2) is 20.9 Å². The molecule has 0 radical (unpaired) electrons. The summed E-state index contributed by atoms with van der Waals surface area (Å²) in [5.74, 6) is 0.321. The molecule has 5 heteroatoms. The number of hydrogen-bond donors (Lipinski definition) is 1. The van der Waals surface area contributed by atoms with Gasteiger partial charge in [-0.15, -0.1) is 6.58 Å². The van der Waals surface area contributed by atoms with Crippen molar-refractivity contribution in [2.24, 2.45) is 0 Å². The zero-order chi connectivity index (χ0) is 12.5. The van der Waals surface area contributed by atoms with Crippen molar-refractivity contribution in [3.05, 3.63) is 49.1 Å². The Morgan fingerprint density at radius 3 is 3.17 bits per heavy atom. The Labute approximate surface area is 103 Å². The summed E-state index contributed by atoms with van der Waals surface area (Å²) in [7, 11) is 0. The number of rotatable bonds is 3. The van der Waals surface area contributed by atoms with E-state index in [1.54, 1.807) is 18.3 Å². The van der Waals surface area contributed by atoms with E-state index in [4.69, 9.17) is 0 Å². The summed E-state index contributed by atoms with van der Waals surface area (Å²) in [5, 5.41) is 3.10. The van der Waals surface area contributed by atoms with Gasteiger partial charge in [0, 0.05) is 25.0 Å². The fourth-order valence-electron chi connectivity index (χ4n) is 1.92. The molecule has 3 aromatic rings. The molecule has 0 atom stereocenters. The number of hydrogen-bond acceptors (Lipinski definition) is 3. The summed E-state index contributed by atoms with van der Waals surface area (Å²) in [5.41, 5.74) is 2.14. The van der Waals surface area contributed by atoms with Crippen molar-refractivity contribution in [2.75, 3.05) is 11.9 Å². The standard InChI is InChI=1S/C13H11FN4/c1-2-5-15-12-13-16-6-7-18(13)11-4-3-9(14)8-10(11)17-12/h2-4,6-8H,1,5H2,(H,15,17). The second-order valence-corrected chi connectivity index (χ2v) is 3.88. The SMILES string of the molecule is C=CCNc1nc2cc(F)ccc2n2ccnc12. The van der Waals surface area contributed by atoms with Crippen LogP contribution in [0.4, 0.5) is 10.2 Å². The van der Waals surface area contributed by atoms with Gasteiger partial charge in [-0.05, 0) is 12.1 Å². The van der Waals surface area contributed by atoms with Gasteiger partial charge in [-0.3, -0.25) is 4.40 Å². The largest absolute Gasteiger partial charge is 0.363 e. The Hall–Kier alpha value is -2.43. The van der Waals surface area contributed by atoms with E-state index < -0.39 is 0 Å². The van der Waals surface area contributed by atoms with Crippen LogP contribution in [0.2, 0.25) is 0 Å². The molecular formula is C13H11FN4. The average molecular weight is 242 g/mol. The van der Waals surface area contributed by atoms with E-state index >= 15 is 0 Å². The first-order chi connectivity index (χ1) is 8.79. The minimum atomic E-state index is -0.302. The first-order valence-corrected chi connectivity index (χ1v) is 5.56. The highest BCUT2D eigenvalue weighted by Crippen LogP contribution is 2.21. The molecule has 2 aromatic heterocycles. The van der Waals surface area contributed by atoms with E-state index in [9.17, 15) is 4.39 Å². The Morgan fingerprint density at radius 1 is 1.44 bits per heavy atom. The predicted molar refractivity (Wildman–Crippen MR) is 69.1 cm³/mol. The third-order valence-corrected chi connectivity index (χ3v) is 2.70. The first-order valence-electron chi connectivity index (χ1n) is 5.56. The number of anilines is 1. The molecule has 0 saturated carbocycles. The Bertz CT molecular complexity index is 732. The van der Waals surface area contributed by atoms with Gasteiger partial charge < -0.3 is 5.32 Å². The van der Waals surface area contributed by atoms with E-state index in [0.717, 1.165) is 11.2 Å². The van der Waals surface area contributed by atoms with E-state index in [0.29, 0.717) is 17.9 Å². The van der Waals surface area contributed by atoms with Crippen LogP contribution in [0.3, 0.4) is 0 Å². The lowest BCUT2D eigenvalue weighted by molar-refractivity contribution is 0.629. The van der Waals surface area contributed by atoms with Crippen molar-refractivity contribution in [2.45, 2.75) is 0 Å². The molecular weight excluding hydrogens is 231 g/mol. The van der Waals surface area contributed by atoms with E-state index in [-0.39, 0.29) is 5.82 Å². The van der Waals surface area contributed by atoms with Crippen LogP contribution in [-0.2, 0) is 0 Å². The fourth-order valence-corrected chi connectivity index (χ4v) is 1.92. The summed E-state index contributed by atoms with van der Waals surface area (Å²) in [4.78, 5) is 8.65. The Morgan fingerprint density at radius 2 is 2.33 bits per heavy atom. The molecule has 0 bridgehead atoms. The van der Waals surface area contributed by atoms with E-state index in [1.165, 1.54) is 12.1 Å². The molecule has 0 aliphatic carbocycles. The minimum Gasteiger partial charge on any atom is -0.363 e. The first kappa shape index (κ1) is 10.7. The summed E-state index contributed by atoms with van der Waals surface area (Å²) >= 11 is 0. The minimum absolute atomic E-state index is 0.302. The van der Waals surface area contributed by atoms with Crippen molar-refractivity contribution in [1.29, 1.82) is 0 Å². The molecule has 4 nitrogen and oxygen atoms in total. The van der Waals surface area contributed by atoms with Crippen LogP contribution in [0.25, 0.3) is 16.7 Å². The number of nitrogens with zero attached hydrogens (tertiary/aromatic N) is 3. The highest BCUT2D eigenvalue weighted by molar-refractivity contribution is 5.82. The van der Waals surface area contributed by atoms with Gasteiger partial charge in [0.15, 0.2) is 11.5 Å². The summed E-state index contributed by atoms with van der Waals surface area (Å²) in [6.45, 7) is 4.22. The Kier molecular flexibility index (Phi) is 2.44. The maximum absolute atomic E-state index is 13.2. The molecule has 90 valence electrons. The van der Waals surface area contributed by atoms with Gasteiger partial charge in [-0.1, -0.05) is 6.08 Å². The molecule has 3 rings (SSSR count). The molecule has 0 fully saturated rings. The molecule has 0 aliphatic heterocycles. The zero-order valence-corrected chi connectivity index (χ0v) is 9.60. The molecule has 2 heterocycles. The molecule has 18 heavy (non-hydrogen) atoms. The van der Waals surface area contributed by atoms with Crippen molar-refractivity contribution in [1.82, 2.24) is 14.4 Å². The van der Waals surface area contributed by atoms with Crippen molar-refractivity contribution >= 4 is 22.5 Å².